The first-order chi connectivity index (χ1) is 14.5. The van der Waals surface area contributed by atoms with Gasteiger partial charge in [0.25, 0.3) is 0 Å². The zero-order chi connectivity index (χ0) is 22.8. The lowest BCUT2D eigenvalue weighted by Crippen LogP contribution is -2.13. The van der Waals surface area contributed by atoms with Crippen molar-refractivity contribution in [2.24, 2.45) is 0 Å². The number of nitrogens with zero attached hydrogens (tertiary/aromatic N) is 1. The molecule has 0 amide bonds. The maximum Gasteiger partial charge on any atom is 0.434 e. The molecular weight excluding hydrogens is 434 g/mol. The fourth-order valence-corrected chi connectivity index (χ4v) is 3.95. The Morgan fingerprint density at radius 3 is 2.29 bits per heavy atom. The van der Waals surface area contributed by atoms with Crippen molar-refractivity contribution in [3.63, 3.8) is 0 Å². The molecule has 1 heterocycles. The third-order valence-corrected chi connectivity index (χ3v) is 5.43. The van der Waals surface area contributed by atoms with Gasteiger partial charge in [-0.15, -0.1) is 6.42 Å². The van der Waals surface area contributed by atoms with Crippen molar-refractivity contribution >= 4 is 9.84 Å². The number of terminal acetylenes is 1. The van der Waals surface area contributed by atoms with E-state index in [0.29, 0.717) is 0 Å². The summed E-state index contributed by atoms with van der Waals surface area (Å²) < 4.78 is 85.2. The fraction of sp³-hybridized carbons (Fsp3) is 0.136. The number of sulfone groups is 1. The molecule has 0 aliphatic rings. The molecule has 3 rings (SSSR count). The third kappa shape index (κ3) is 4.86. The molecule has 3 aromatic rings. The average molecular weight is 449 g/mol. The van der Waals surface area contributed by atoms with Gasteiger partial charge in [0.05, 0.1) is 4.90 Å². The van der Waals surface area contributed by atoms with Crippen LogP contribution in [0.1, 0.15) is 5.69 Å². The number of alkyl halides is 3. The maximum atomic E-state index is 14.0. The standard InChI is InChI=1S/C22H15F4NO3S/c1-3-12-30-19-13-17(16-6-4-5-7-18(16)31(2,28)29)20(21(27-19)22(24,25)26)14-8-10-15(23)11-9-14/h1,4-11,13H,12H2,2H3. The Hall–Kier alpha value is -3.38. The zero-order valence-corrected chi connectivity index (χ0v) is 16.9. The summed E-state index contributed by atoms with van der Waals surface area (Å²) in [5, 5.41) is 0. The quantitative estimate of drug-likeness (QED) is 0.407. The SMILES string of the molecule is C#CCOc1cc(-c2ccccc2S(C)(=O)=O)c(-c2ccc(F)cc2)c(C(F)(F)F)n1. The van der Waals surface area contributed by atoms with Crippen LogP contribution in [0.4, 0.5) is 17.6 Å². The topological polar surface area (TPSA) is 56.3 Å². The molecule has 0 bridgehead atoms. The van der Waals surface area contributed by atoms with E-state index in [0.717, 1.165) is 30.5 Å². The summed E-state index contributed by atoms with van der Waals surface area (Å²) in [5.41, 5.74) is -1.80. The van der Waals surface area contributed by atoms with E-state index in [1.54, 1.807) is 0 Å². The molecule has 9 heteroatoms. The lowest BCUT2D eigenvalue weighted by atomic mass is 9.93. The zero-order valence-electron chi connectivity index (χ0n) is 16.1. The predicted molar refractivity (Wildman–Crippen MR) is 108 cm³/mol. The molecular formula is C22H15F4NO3S. The first-order valence-corrected chi connectivity index (χ1v) is 10.7. The normalized spacial score (nSPS) is 11.7. The Labute approximate surface area is 176 Å². The third-order valence-electron chi connectivity index (χ3n) is 4.28. The number of benzene rings is 2. The summed E-state index contributed by atoms with van der Waals surface area (Å²) in [5.74, 6) is 1.08. The van der Waals surface area contributed by atoms with Crippen LogP contribution in [-0.4, -0.2) is 26.3 Å². The highest BCUT2D eigenvalue weighted by Gasteiger charge is 2.38. The van der Waals surface area contributed by atoms with Gasteiger partial charge < -0.3 is 4.74 Å². The lowest BCUT2D eigenvalue weighted by molar-refractivity contribution is -0.140. The Bertz CT molecular complexity index is 1260. The molecule has 160 valence electrons. The minimum absolute atomic E-state index is 0.00280. The van der Waals surface area contributed by atoms with Crippen molar-refractivity contribution in [3.8, 4) is 40.5 Å². The number of ether oxygens (including phenoxy) is 1. The van der Waals surface area contributed by atoms with E-state index in [1.807, 2.05) is 0 Å². The van der Waals surface area contributed by atoms with Gasteiger partial charge >= 0.3 is 6.18 Å². The molecule has 1 aromatic heterocycles. The van der Waals surface area contributed by atoms with Gasteiger partial charge in [0, 0.05) is 23.4 Å². The van der Waals surface area contributed by atoms with Crippen molar-refractivity contribution in [1.82, 2.24) is 4.98 Å². The molecule has 0 spiro atoms. The molecule has 0 fully saturated rings. The number of hydrogen-bond donors (Lipinski definition) is 0. The predicted octanol–water partition coefficient (Wildman–Crippen LogP) is 4.99. The van der Waals surface area contributed by atoms with Gasteiger partial charge in [-0.05, 0) is 29.3 Å². The molecule has 0 saturated carbocycles. The first kappa shape index (κ1) is 22.3. The minimum Gasteiger partial charge on any atom is -0.464 e. The second kappa shape index (κ2) is 8.40. The van der Waals surface area contributed by atoms with E-state index in [4.69, 9.17) is 11.2 Å². The molecule has 0 aliphatic carbocycles. The summed E-state index contributed by atoms with van der Waals surface area (Å²) in [6.45, 7) is -0.340. The average Bonchev–Trinajstić information content (AvgIpc) is 2.71. The number of aromatic nitrogens is 1. The van der Waals surface area contributed by atoms with E-state index in [-0.39, 0.29) is 28.2 Å². The summed E-state index contributed by atoms with van der Waals surface area (Å²) in [7, 11) is -3.80. The largest absolute Gasteiger partial charge is 0.464 e. The number of hydrogen-bond acceptors (Lipinski definition) is 4. The van der Waals surface area contributed by atoms with Gasteiger partial charge in [0.2, 0.25) is 5.88 Å². The van der Waals surface area contributed by atoms with Crippen molar-refractivity contribution in [1.29, 1.82) is 0 Å². The number of halogens is 4. The first-order valence-electron chi connectivity index (χ1n) is 8.76. The van der Waals surface area contributed by atoms with Crippen LogP contribution < -0.4 is 4.74 Å². The van der Waals surface area contributed by atoms with Gasteiger partial charge in [0.1, 0.15) is 5.82 Å². The van der Waals surface area contributed by atoms with Crippen molar-refractivity contribution < 1.29 is 30.7 Å². The number of rotatable bonds is 5. The van der Waals surface area contributed by atoms with Crippen molar-refractivity contribution in [3.05, 3.63) is 66.1 Å². The van der Waals surface area contributed by atoms with Crippen LogP contribution in [0.3, 0.4) is 0 Å². The Morgan fingerprint density at radius 2 is 1.71 bits per heavy atom. The van der Waals surface area contributed by atoms with Gasteiger partial charge in [-0.3, -0.25) is 0 Å². The highest BCUT2D eigenvalue weighted by atomic mass is 32.2. The molecule has 0 radical (unpaired) electrons. The molecule has 0 atom stereocenters. The van der Waals surface area contributed by atoms with E-state index < -0.39 is 39.0 Å². The van der Waals surface area contributed by atoms with Gasteiger partial charge in [-0.25, -0.2) is 17.8 Å². The van der Waals surface area contributed by atoms with Crippen LogP contribution in [0.25, 0.3) is 22.3 Å². The molecule has 4 nitrogen and oxygen atoms in total. The summed E-state index contributed by atoms with van der Waals surface area (Å²) in [4.78, 5) is 3.39. The van der Waals surface area contributed by atoms with Crippen LogP contribution in [0.15, 0.2) is 59.5 Å². The highest BCUT2D eigenvalue weighted by molar-refractivity contribution is 7.90. The molecule has 0 unspecified atom stereocenters. The minimum atomic E-state index is -4.92. The summed E-state index contributed by atoms with van der Waals surface area (Å²) >= 11 is 0. The lowest BCUT2D eigenvalue weighted by Gasteiger charge is -2.19. The molecule has 0 saturated heterocycles. The van der Waals surface area contributed by atoms with Gasteiger partial charge in [-0.2, -0.15) is 13.2 Å². The molecule has 2 aromatic carbocycles. The summed E-state index contributed by atoms with van der Waals surface area (Å²) in [6, 6.07) is 11.1. The smallest absolute Gasteiger partial charge is 0.434 e. The second-order valence-corrected chi connectivity index (χ2v) is 8.48. The van der Waals surface area contributed by atoms with Crippen LogP contribution in [0.2, 0.25) is 0 Å². The van der Waals surface area contributed by atoms with Gasteiger partial charge in [0.15, 0.2) is 22.1 Å². The van der Waals surface area contributed by atoms with Crippen molar-refractivity contribution in [2.45, 2.75) is 11.1 Å². The van der Waals surface area contributed by atoms with E-state index >= 15 is 0 Å². The molecule has 0 aliphatic heterocycles. The Balaban J connectivity index is 2.46. The van der Waals surface area contributed by atoms with Crippen LogP contribution in [0, 0.1) is 18.2 Å². The number of pyridine rings is 1. The van der Waals surface area contributed by atoms with E-state index in [1.165, 1.54) is 30.3 Å². The Kier molecular flexibility index (Phi) is 6.04. The molecule has 31 heavy (non-hydrogen) atoms. The fourth-order valence-electron chi connectivity index (χ4n) is 3.05. The van der Waals surface area contributed by atoms with E-state index in [9.17, 15) is 26.0 Å². The monoisotopic (exact) mass is 449 g/mol. The second-order valence-electron chi connectivity index (χ2n) is 6.50. The van der Waals surface area contributed by atoms with Crippen LogP contribution >= 0.6 is 0 Å². The van der Waals surface area contributed by atoms with Gasteiger partial charge in [-0.1, -0.05) is 36.3 Å². The molecule has 0 N–H and O–H groups in total. The highest BCUT2D eigenvalue weighted by Crippen LogP contribution is 2.44. The van der Waals surface area contributed by atoms with Crippen molar-refractivity contribution in [2.75, 3.05) is 12.9 Å². The van der Waals surface area contributed by atoms with E-state index in [2.05, 4.69) is 10.9 Å². The summed E-state index contributed by atoms with van der Waals surface area (Å²) in [6.07, 6.45) is 1.15. The van der Waals surface area contributed by atoms with Crippen LogP contribution in [-0.2, 0) is 16.0 Å². The van der Waals surface area contributed by atoms with Crippen LogP contribution in [0.5, 0.6) is 5.88 Å². The maximum absolute atomic E-state index is 14.0. The Morgan fingerprint density at radius 1 is 1.06 bits per heavy atom.